The monoisotopic (exact) mass is 456 g/mol. The predicted octanol–water partition coefficient (Wildman–Crippen LogP) is 3.57. The lowest BCUT2D eigenvalue weighted by molar-refractivity contribution is 0.277. The van der Waals surface area contributed by atoms with Gasteiger partial charge in [-0.2, -0.15) is 0 Å². The maximum Gasteiger partial charge on any atom is 0.332 e. The SMILES string of the molecule is Cn1c(=O)n(CCCO)c(=O)c2c1nc(C1=CCC(C)(C)CC1)n2Cc1ccc(Cl)cc1. The van der Waals surface area contributed by atoms with Crippen molar-refractivity contribution in [3.63, 3.8) is 0 Å². The lowest BCUT2D eigenvalue weighted by Crippen LogP contribution is -2.40. The van der Waals surface area contributed by atoms with E-state index >= 15 is 0 Å². The third-order valence-corrected chi connectivity index (χ3v) is 6.54. The molecule has 1 aliphatic carbocycles. The summed E-state index contributed by atoms with van der Waals surface area (Å²) in [6, 6.07) is 7.52. The molecule has 2 heterocycles. The number of aromatic nitrogens is 4. The number of aryl methyl sites for hydroxylation is 1. The van der Waals surface area contributed by atoms with Gasteiger partial charge in [-0.1, -0.05) is 43.7 Å². The van der Waals surface area contributed by atoms with Gasteiger partial charge in [-0.05, 0) is 54.4 Å². The molecule has 1 aliphatic rings. The summed E-state index contributed by atoms with van der Waals surface area (Å²) in [6.45, 7) is 5.01. The Morgan fingerprint density at radius 3 is 2.50 bits per heavy atom. The fourth-order valence-corrected chi connectivity index (χ4v) is 4.37. The molecular formula is C24H29ClN4O3. The lowest BCUT2D eigenvalue weighted by Gasteiger charge is -2.28. The van der Waals surface area contributed by atoms with E-state index in [2.05, 4.69) is 19.9 Å². The smallest absolute Gasteiger partial charge is 0.332 e. The highest BCUT2D eigenvalue weighted by atomic mass is 35.5. The normalized spacial score (nSPS) is 15.8. The van der Waals surface area contributed by atoms with Crippen molar-refractivity contribution in [1.29, 1.82) is 0 Å². The molecule has 1 N–H and O–H groups in total. The minimum atomic E-state index is -0.419. The second kappa shape index (κ2) is 8.71. The highest BCUT2D eigenvalue weighted by Gasteiger charge is 2.27. The number of halogens is 1. The number of rotatable bonds is 6. The summed E-state index contributed by atoms with van der Waals surface area (Å²) in [5.74, 6) is 0.734. The zero-order chi connectivity index (χ0) is 23.0. The number of aliphatic hydroxyl groups excluding tert-OH is 1. The highest BCUT2D eigenvalue weighted by molar-refractivity contribution is 6.30. The average Bonchev–Trinajstić information content (AvgIpc) is 3.13. The van der Waals surface area contributed by atoms with Crippen LogP contribution in [0.2, 0.25) is 5.02 Å². The van der Waals surface area contributed by atoms with Gasteiger partial charge in [0.2, 0.25) is 0 Å². The second-order valence-electron chi connectivity index (χ2n) is 9.29. The van der Waals surface area contributed by atoms with E-state index < -0.39 is 5.69 Å². The van der Waals surface area contributed by atoms with Crippen LogP contribution >= 0.6 is 11.6 Å². The Morgan fingerprint density at radius 1 is 1.16 bits per heavy atom. The molecule has 4 rings (SSSR count). The van der Waals surface area contributed by atoms with E-state index in [1.54, 1.807) is 7.05 Å². The van der Waals surface area contributed by atoms with Crippen LogP contribution in [-0.4, -0.2) is 30.4 Å². The van der Waals surface area contributed by atoms with Crippen LogP contribution in [0.1, 0.15) is 50.9 Å². The first-order valence-corrected chi connectivity index (χ1v) is 11.3. The van der Waals surface area contributed by atoms with Crippen molar-refractivity contribution in [2.24, 2.45) is 12.5 Å². The molecule has 7 nitrogen and oxygen atoms in total. The second-order valence-corrected chi connectivity index (χ2v) is 9.73. The van der Waals surface area contributed by atoms with E-state index in [9.17, 15) is 14.7 Å². The number of allylic oxidation sites excluding steroid dienone is 2. The van der Waals surface area contributed by atoms with E-state index in [4.69, 9.17) is 16.6 Å². The quantitative estimate of drug-likeness (QED) is 0.614. The Bertz CT molecular complexity index is 1300. The van der Waals surface area contributed by atoms with E-state index in [-0.39, 0.29) is 24.1 Å². The summed E-state index contributed by atoms with van der Waals surface area (Å²) in [6.07, 6.45) is 5.38. The first-order chi connectivity index (χ1) is 15.2. The number of nitrogens with zero attached hydrogens (tertiary/aromatic N) is 4. The van der Waals surface area contributed by atoms with Crippen molar-refractivity contribution in [2.75, 3.05) is 6.61 Å². The zero-order valence-electron chi connectivity index (χ0n) is 18.8. The number of fused-ring (bicyclic) bond motifs is 1. The van der Waals surface area contributed by atoms with Crippen LogP contribution in [0.5, 0.6) is 0 Å². The Kier molecular flexibility index (Phi) is 6.14. The summed E-state index contributed by atoms with van der Waals surface area (Å²) in [5, 5.41) is 9.87. The maximum absolute atomic E-state index is 13.4. The summed E-state index contributed by atoms with van der Waals surface area (Å²) in [4.78, 5) is 31.1. The van der Waals surface area contributed by atoms with Gasteiger partial charge < -0.3 is 9.67 Å². The highest BCUT2D eigenvalue weighted by Crippen LogP contribution is 2.38. The third kappa shape index (κ3) is 4.19. The molecule has 3 aromatic rings. The first kappa shape index (κ1) is 22.6. The van der Waals surface area contributed by atoms with Gasteiger partial charge in [0.1, 0.15) is 5.82 Å². The molecule has 0 atom stereocenters. The molecule has 2 aromatic heterocycles. The summed E-state index contributed by atoms with van der Waals surface area (Å²) >= 11 is 6.06. The molecule has 0 unspecified atom stereocenters. The molecule has 0 amide bonds. The van der Waals surface area contributed by atoms with Crippen molar-refractivity contribution in [1.82, 2.24) is 18.7 Å². The Labute approximate surface area is 191 Å². The number of hydrogen-bond acceptors (Lipinski definition) is 4. The van der Waals surface area contributed by atoms with Gasteiger partial charge >= 0.3 is 5.69 Å². The van der Waals surface area contributed by atoms with E-state index in [1.165, 1.54) is 9.13 Å². The van der Waals surface area contributed by atoms with Crippen LogP contribution in [0.4, 0.5) is 0 Å². The van der Waals surface area contributed by atoms with E-state index in [0.29, 0.717) is 29.2 Å². The Balaban J connectivity index is 1.96. The molecule has 0 saturated carbocycles. The van der Waals surface area contributed by atoms with Crippen LogP contribution in [0.3, 0.4) is 0 Å². The first-order valence-electron chi connectivity index (χ1n) is 11.0. The molecule has 32 heavy (non-hydrogen) atoms. The molecule has 0 bridgehead atoms. The topological polar surface area (TPSA) is 82.0 Å². The Morgan fingerprint density at radius 2 is 1.88 bits per heavy atom. The largest absolute Gasteiger partial charge is 0.396 e. The molecule has 0 saturated heterocycles. The fraction of sp³-hybridized carbons (Fsp3) is 0.458. The third-order valence-electron chi connectivity index (χ3n) is 6.29. The minimum absolute atomic E-state index is 0.0917. The minimum Gasteiger partial charge on any atom is -0.396 e. The maximum atomic E-state index is 13.4. The van der Waals surface area contributed by atoms with Gasteiger partial charge in [0.05, 0.1) is 0 Å². The van der Waals surface area contributed by atoms with Crippen molar-refractivity contribution in [2.45, 2.75) is 52.6 Å². The molecule has 170 valence electrons. The molecule has 0 spiro atoms. The average molecular weight is 457 g/mol. The fourth-order valence-electron chi connectivity index (χ4n) is 4.25. The van der Waals surface area contributed by atoms with Gasteiger partial charge in [-0.15, -0.1) is 0 Å². The van der Waals surface area contributed by atoms with Crippen LogP contribution in [-0.2, 0) is 20.1 Å². The number of hydrogen-bond donors (Lipinski definition) is 1. The molecular weight excluding hydrogens is 428 g/mol. The van der Waals surface area contributed by atoms with Crippen LogP contribution < -0.4 is 11.2 Å². The van der Waals surface area contributed by atoms with Gasteiger partial charge in [-0.25, -0.2) is 9.78 Å². The van der Waals surface area contributed by atoms with Gasteiger partial charge in [0.25, 0.3) is 5.56 Å². The summed E-state index contributed by atoms with van der Waals surface area (Å²) in [7, 11) is 1.64. The van der Waals surface area contributed by atoms with Gasteiger partial charge in [0, 0.05) is 31.8 Å². The van der Waals surface area contributed by atoms with Crippen molar-refractivity contribution in [3.05, 3.63) is 67.6 Å². The Hall–Kier alpha value is -2.64. The van der Waals surface area contributed by atoms with E-state index in [1.807, 2.05) is 28.8 Å². The summed E-state index contributed by atoms with van der Waals surface area (Å²) < 4.78 is 4.56. The lowest BCUT2D eigenvalue weighted by atomic mass is 9.78. The molecule has 0 radical (unpaired) electrons. The zero-order valence-corrected chi connectivity index (χ0v) is 19.5. The molecule has 0 fully saturated rings. The predicted molar refractivity (Wildman–Crippen MR) is 127 cm³/mol. The van der Waals surface area contributed by atoms with Crippen molar-refractivity contribution in [3.8, 4) is 0 Å². The number of benzene rings is 1. The number of imidazole rings is 1. The van der Waals surface area contributed by atoms with Crippen LogP contribution in [0.15, 0.2) is 39.9 Å². The van der Waals surface area contributed by atoms with E-state index in [0.717, 1.165) is 36.2 Å². The molecule has 1 aromatic carbocycles. The van der Waals surface area contributed by atoms with Gasteiger partial charge in [0.15, 0.2) is 11.2 Å². The van der Waals surface area contributed by atoms with Crippen LogP contribution in [0, 0.1) is 5.41 Å². The summed E-state index contributed by atoms with van der Waals surface area (Å²) in [5.41, 5.74) is 2.32. The molecule has 8 heteroatoms. The van der Waals surface area contributed by atoms with Gasteiger partial charge in [-0.3, -0.25) is 13.9 Å². The van der Waals surface area contributed by atoms with Crippen molar-refractivity contribution < 1.29 is 5.11 Å². The molecule has 0 aliphatic heterocycles. The standard InChI is InChI=1S/C24H29ClN4O3/c1-24(2)11-9-17(10-12-24)20-26-21-19(29(20)15-16-5-7-18(25)8-6-16)22(31)28(13-4-14-30)23(32)27(21)3/h5-9,30H,4,10-15H2,1-3H3. The van der Waals surface area contributed by atoms with Crippen molar-refractivity contribution >= 4 is 28.3 Å². The van der Waals surface area contributed by atoms with Crippen LogP contribution in [0.25, 0.3) is 16.7 Å². The number of aliphatic hydroxyl groups is 1.